The van der Waals surface area contributed by atoms with E-state index in [1.54, 1.807) is 31.2 Å². The summed E-state index contributed by atoms with van der Waals surface area (Å²) in [6.07, 6.45) is 3.15. The number of Topliss-reactive ketones (excluding diaryl/α,β-unsaturated/α-hetero) is 1. The first-order valence-electron chi connectivity index (χ1n) is 8.28. The number of para-hydroxylation sites is 1. The number of nitrogens with one attached hydrogen (secondary N) is 1. The molecule has 5 heteroatoms. The average molecular weight is 312 g/mol. The van der Waals surface area contributed by atoms with Crippen LogP contribution in [0.2, 0.25) is 0 Å². The number of amides is 2. The predicted molar refractivity (Wildman–Crippen MR) is 84.9 cm³/mol. The molecule has 5 nitrogen and oxygen atoms in total. The van der Waals surface area contributed by atoms with Gasteiger partial charge in [-0.05, 0) is 31.4 Å². The van der Waals surface area contributed by atoms with Gasteiger partial charge in [-0.3, -0.25) is 14.4 Å². The molecule has 3 aliphatic rings. The fourth-order valence-electron chi connectivity index (χ4n) is 4.22. The summed E-state index contributed by atoms with van der Waals surface area (Å²) in [5.41, 5.74) is 0.172. The molecule has 0 aromatic heterocycles. The lowest BCUT2D eigenvalue weighted by atomic mass is 9.92. The molecule has 4 rings (SSSR count). The fourth-order valence-corrected chi connectivity index (χ4v) is 4.22. The molecule has 2 aliphatic heterocycles. The maximum atomic E-state index is 13.0. The number of rotatable bonds is 1. The van der Waals surface area contributed by atoms with Crippen molar-refractivity contribution >= 4 is 23.3 Å². The summed E-state index contributed by atoms with van der Waals surface area (Å²) in [6, 6.07) is 7.05. The lowest BCUT2D eigenvalue weighted by Gasteiger charge is -2.27. The van der Waals surface area contributed by atoms with Crippen molar-refractivity contribution in [2.75, 3.05) is 18.4 Å². The van der Waals surface area contributed by atoms with E-state index in [2.05, 4.69) is 5.32 Å². The van der Waals surface area contributed by atoms with E-state index in [0.29, 0.717) is 11.3 Å². The zero-order valence-corrected chi connectivity index (χ0v) is 13.2. The molecule has 0 bridgehead atoms. The van der Waals surface area contributed by atoms with Crippen LogP contribution in [0, 0.1) is 17.3 Å². The number of likely N-dealkylation sites (tertiary alicyclic amines) is 1. The van der Waals surface area contributed by atoms with Crippen molar-refractivity contribution in [3.05, 3.63) is 29.8 Å². The number of nitrogens with zero attached hydrogens (tertiary/aromatic N) is 1. The Morgan fingerprint density at radius 1 is 1.17 bits per heavy atom. The highest BCUT2D eigenvalue weighted by molar-refractivity contribution is 6.19. The minimum absolute atomic E-state index is 0.0277. The van der Waals surface area contributed by atoms with Gasteiger partial charge < -0.3 is 10.2 Å². The van der Waals surface area contributed by atoms with Crippen molar-refractivity contribution in [3.63, 3.8) is 0 Å². The number of benzene rings is 1. The lowest BCUT2D eigenvalue weighted by Crippen LogP contribution is -2.38. The zero-order chi connectivity index (χ0) is 16.2. The van der Waals surface area contributed by atoms with Gasteiger partial charge in [-0.15, -0.1) is 0 Å². The van der Waals surface area contributed by atoms with Crippen LogP contribution in [0.3, 0.4) is 0 Å². The van der Waals surface area contributed by atoms with Crippen molar-refractivity contribution in [2.45, 2.75) is 26.2 Å². The molecule has 120 valence electrons. The third-order valence-electron chi connectivity index (χ3n) is 5.65. The minimum atomic E-state index is -0.898. The normalized spacial score (nSPS) is 32.5. The molecular formula is C18H20N2O3. The number of piperidine rings is 1. The second-order valence-corrected chi connectivity index (χ2v) is 6.99. The first-order chi connectivity index (χ1) is 11.0. The molecule has 2 heterocycles. The second kappa shape index (κ2) is 4.91. The van der Waals surface area contributed by atoms with Crippen LogP contribution in [-0.2, 0) is 9.59 Å². The van der Waals surface area contributed by atoms with E-state index < -0.39 is 17.3 Å². The number of anilines is 1. The molecule has 1 saturated heterocycles. The molecule has 2 fully saturated rings. The molecule has 1 aromatic rings. The van der Waals surface area contributed by atoms with Crippen molar-refractivity contribution in [3.8, 4) is 0 Å². The van der Waals surface area contributed by atoms with Crippen molar-refractivity contribution in [1.29, 1.82) is 0 Å². The van der Waals surface area contributed by atoms with Gasteiger partial charge in [0.2, 0.25) is 11.8 Å². The summed E-state index contributed by atoms with van der Waals surface area (Å²) >= 11 is 0. The SMILES string of the molecule is C[C@]12C(=O)c3ccccc3NC(=O)C1[C@H]2C(=O)N1CCCCC1. The van der Waals surface area contributed by atoms with Crippen molar-refractivity contribution in [1.82, 2.24) is 4.90 Å². The van der Waals surface area contributed by atoms with E-state index in [9.17, 15) is 14.4 Å². The molecule has 0 radical (unpaired) electrons. The van der Waals surface area contributed by atoms with Crippen LogP contribution in [0.4, 0.5) is 5.69 Å². The standard InChI is InChI=1S/C18H20N2O3/c1-18-13(14(18)17(23)20-9-5-2-6-10-20)16(22)19-12-8-4-3-7-11(12)15(18)21/h3-4,7-8,13-14H,2,5-6,9-10H2,1H3,(H,19,22)/t13?,14-,18-/m0/s1. The Morgan fingerprint density at radius 3 is 2.61 bits per heavy atom. The van der Waals surface area contributed by atoms with Gasteiger partial charge in [-0.2, -0.15) is 0 Å². The van der Waals surface area contributed by atoms with Gasteiger partial charge in [0.05, 0.1) is 22.9 Å². The van der Waals surface area contributed by atoms with Crippen molar-refractivity contribution in [2.24, 2.45) is 17.3 Å². The summed E-state index contributed by atoms with van der Waals surface area (Å²) in [7, 11) is 0. The van der Waals surface area contributed by atoms with E-state index in [0.717, 1.165) is 32.4 Å². The van der Waals surface area contributed by atoms with E-state index in [1.165, 1.54) is 0 Å². The minimum Gasteiger partial charge on any atom is -0.342 e. The molecule has 0 spiro atoms. The Hall–Kier alpha value is -2.17. The van der Waals surface area contributed by atoms with Gasteiger partial charge in [0.15, 0.2) is 5.78 Å². The van der Waals surface area contributed by atoms with Crippen LogP contribution < -0.4 is 5.32 Å². The summed E-state index contributed by atoms with van der Waals surface area (Å²) in [4.78, 5) is 40.2. The Morgan fingerprint density at radius 2 is 1.87 bits per heavy atom. The van der Waals surface area contributed by atoms with E-state index in [-0.39, 0.29) is 17.6 Å². The largest absolute Gasteiger partial charge is 0.342 e. The van der Waals surface area contributed by atoms with Crippen LogP contribution in [0.25, 0.3) is 0 Å². The number of carbonyl (C=O) groups excluding carboxylic acids is 3. The van der Waals surface area contributed by atoms with Gasteiger partial charge in [-0.1, -0.05) is 19.1 Å². The summed E-state index contributed by atoms with van der Waals surface area (Å²) in [6.45, 7) is 3.25. The Balaban J connectivity index is 1.68. The Labute approximate surface area is 135 Å². The van der Waals surface area contributed by atoms with E-state index in [4.69, 9.17) is 0 Å². The molecule has 2 amide bonds. The van der Waals surface area contributed by atoms with Gasteiger partial charge >= 0.3 is 0 Å². The number of fused-ring (bicyclic) bond motifs is 2. The van der Waals surface area contributed by atoms with Gasteiger partial charge in [-0.25, -0.2) is 0 Å². The van der Waals surface area contributed by atoms with Gasteiger partial charge in [0.25, 0.3) is 0 Å². The van der Waals surface area contributed by atoms with Gasteiger partial charge in [0, 0.05) is 18.7 Å². The summed E-state index contributed by atoms with van der Waals surface area (Å²) in [5.74, 6) is -1.38. The molecule has 1 aliphatic carbocycles. The molecule has 23 heavy (non-hydrogen) atoms. The quantitative estimate of drug-likeness (QED) is 0.863. The van der Waals surface area contributed by atoms with Crippen LogP contribution >= 0.6 is 0 Å². The maximum Gasteiger partial charge on any atom is 0.229 e. The third-order valence-corrected chi connectivity index (χ3v) is 5.65. The average Bonchev–Trinajstić information content (AvgIpc) is 3.23. The summed E-state index contributed by atoms with van der Waals surface area (Å²) < 4.78 is 0. The van der Waals surface area contributed by atoms with Gasteiger partial charge in [0.1, 0.15) is 0 Å². The first kappa shape index (κ1) is 14.4. The molecule has 1 N–H and O–H groups in total. The van der Waals surface area contributed by atoms with E-state index in [1.807, 2.05) is 4.90 Å². The second-order valence-electron chi connectivity index (χ2n) is 6.99. The Kier molecular flexibility index (Phi) is 3.08. The van der Waals surface area contributed by atoms with Crippen molar-refractivity contribution < 1.29 is 14.4 Å². The van der Waals surface area contributed by atoms with Crippen LogP contribution in [-0.4, -0.2) is 35.6 Å². The summed E-state index contributed by atoms with van der Waals surface area (Å²) in [5, 5.41) is 2.83. The molecule has 3 atom stereocenters. The van der Waals surface area contributed by atoms with E-state index >= 15 is 0 Å². The van der Waals surface area contributed by atoms with Crippen LogP contribution in [0.5, 0.6) is 0 Å². The van der Waals surface area contributed by atoms with Crippen LogP contribution in [0.15, 0.2) is 24.3 Å². The highest BCUT2D eigenvalue weighted by atomic mass is 16.2. The topological polar surface area (TPSA) is 66.5 Å². The Bertz CT molecular complexity index is 708. The number of hydrogen-bond acceptors (Lipinski definition) is 3. The number of carbonyl (C=O) groups is 3. The molecule has 1 unspecified atom stereocenters. The first-order valence-corrected chi connectivity index (χ1v) is 8.28. The molecular weight excluding hydrogens is 292 g/mol. The molecule has 1 saturated carbocycles. The smallest absolute Gasteiger partial charge is 0.229 e. The predicted octanol–water partition coefficient (Wildman–Crippen LogP) is 2.09. The highest BCUT2D eigenvalue weighted by Gasteiger charge is 2.73. The number of ketones is 1. The molecule has 1 aromatic carbocycles. The number of hydrogen-bond donors (Lipinski definition) is 1. The highest BCUT2D eigenvalue weighted by Crippen LogP contribution is 2.62. The third kappa shape index (κ3) is 1.95. The monoisotopic (exact) mass is 312 g/mol. The fraction of sp³-hybridized carbons (Fsp3) is 0.500. The van der Waals surface area contributed by atoms with Crippen LogP contribution in [0.1, 0.15) is 36.5 Å². The maximum absolute atomic E-state index is 13.0. The zero-order valence-electron chi connectivity index (χ0n) is 13.2. The lowest BCUT2D eigenvalue weighted by molar-refractivity contribution is -0.135.